The molecule has 4 N–H and O–H groups in total. The summed E-state index contributed by atoms with van der Waals surface area (Å²) in [5.74, 6) is 1.61. The van der Waals surface area contributed by atoms with E-state index >= 15 is 0 Å². The van der Waals surface area contributed by atoms with Gasteiger partial charge in [0, 0.05) is 34.8 Å². The molecule has 0 aliphatic heterocycles. The van der Waals surface area contributed by atoms with E-state index in [4.69, 9.17) is 10.5 Å². The SMILES string of the molecule is Nc1nccc(-c2cccnc2Oc2ccc(Nc3nnc(-c4cccc(O)c4)c4ccccc34)cn2)n1. The summed E-state index contributed by atoms with van der Waals surface area (Å²) < 4.78 is 5.95. The Hall–Kier alpha value is -5.64. The van der Waals surface area contributed by atoms with Crippen molar-refractivity contribution in [3.8, 4) is 40.0 Å². The molecule has 0 saturated carbocycles. The van der Waals surface area contributed by atoms with E-state index < -0.39 is 0 Å². The maximum atomic E-state index is 9.90. The first-order chi connectivity index (χ1) is 18.6. The lowest BCUT2D eigenvalue weighted by Gasteiger charge is -2.12. The molecule has 4 heterocycles. The number of ether oxygens (including phenoxy) is 1. The third-order valence-electron chi connectivity index (χ3n) is 5.73. The summed E-state index contributed by atoms with van der Waals surface area (Å²) in [4.78, 5) is 16.9. The van der Waals surface area contributed by atoms with Crippen molar-refractivity contribution in [2.24, 2.45) is 0 Å². The predicted molar refractivity (Wildman–Crippen MR) is 144 cm³/mol. The van der Waals surface area contributed by atoms with Gasteiger partial charge in [-0.3, -0.25) is 0 Å². The van der Waals surface area contributed by atoms with Crippen LogP contribution in [0.2, 0.25) is 0 Å². The van der Waals surface area contributed by atoms with Crippen LogP contribution in [0, 0.1) is 0 Å². The molecule has 0 aliphatic carbocycles. The largest absolute Gasteiger partial charge is 0.508 e. The van der Waals surface area contributed by atoms with Crippen LogP contribution >= 0.6 is 0 Å². The Bertz CT molecular complexity index is 1760. The second-order valence-electron chi connectivity index (χ2n) is 8.26. The van der Waals surface area contributed by atoms with Gasteiger partial charge < -0.3 is 20.9 Å². The number of pyridine rings is 2. The number of phenolic OH excluding ortho intramolecular Hbond substituents is 1. The van der Waals surface area contributed by atoms with Gasteiger partial charge in [0.05, 0.1) is 23.1 Å². The van der Waals surface area contributed by atoms with E-state index in [2.05, 4.69) is 35.5 Å². The summed E-state index contributed by atoms with van der Waals surface area (Å²) in [5, 5.41) is 23.8. The number of benzene rings is 2. The molecule has 6 aromatic rings. The number of phenols is 1. The Morgan fingerprint density at radius 2 is 1.68 bits per heavy atom. The third kappa shape index (κ3) is 4.61. The van der Waals surface area contributed by atoms with E-state index in [0.717, 1.165) is 16.3 Å². The zero-order chi connectivity index (χ0) is 25.9. The number of nitrogens with two attached hydrogens (primary N) is 1. The third-order valence-corrected chi connectivity index (χ3v) is 5.73. The highest BCUT2D eigenvalue weighted by Gasteiger charge is 2.13. The van der Waals surface area contributed by atoms with Crippen molar-refractivity contribution in [3.63, 3.8) is 0 Å². The molecule has 6 rings (SSSR count). The highest BCUT2D eigenvalue weighted by atomic mass is 16.5. The van der Waals surface area contributed by atoms with Gasteiger partial charge in [-0.2, -0.15) is 0 Å². The summed E-state index contributed by atoms with van der Waals surface area (Å²) >= 11 is 0. The molecule has 0 radical (unpaired) electrons. The molecular weight excluding hydrogens is 480 g/mol. The van der Waals surface area contributed by atoms with Gasteiger partial charge in [-0.05, 0) is 36.4 Å². The summed E-state index contributed by atoms with van der Waals surface area (Å²) in [5.41, 5.74) is 9.16. The van der Waals surface area contributed by atoms with E-state index in [1.807, 2.05) is 42.5 Å². The molecule has 0 amide bonds. The number of rotatable bonds is 6. The van der Waals surface area contributed by atoms with Crippen LogP contribution in [0.3, 0.4) is 0 Å². The van der Waals surface area contributed by atoms with E-state index in [1.54, 1.807) is 55.0 Å². The quantitative estimate of drug-likeness (QED) is 0.273. The smallest absolute Gasteiger partial charge is 0.230 e. The molecule has 2 aromatic carbocycles. The van der Waals surface area contributed by atoms with Crippen molar-refractivity contribution in [2.75, 3.05) is 11.1 Å². The fourth-order valence-electron chi connectivity index (χ4n) is 4.00. The molecular formula is C28H20N8O2. The maximum Gasteiger partial charge on any atom is 0.230 e. The number of fused-ring (bicyclic) bond motifs is 1. The number of hydrogen-bond acceptors (Lipinski definition) is 10. The number of hydrogen-bond donors (Lipinski definition) is 3. The fourth-order valence-corrected chi connectivity index (χ4v) is 4.00. The van der Waals surface area contributed by atoms with Crippen molar-refractivity contribution in [1.29, 1.82) is 0 Å². The van der Waals surface area contributed by atoms with Crippen molar-refractivity contribution < 1.29 is 9.84 Å². The molecule has 0 unspecified atom stereocenters. The van der Waals surface area contributed by atoms with Crippen LogP contribution in [-0.4, -0.2) is 35.2 Å². The van der Waals surface area contributed by atoms with Gasteiger partial charge in [-0.1, -0.05) is 36.4 Å². The van der Waals surface area contributed by atoms with Gasteiger partial charge in [0.15, 0.2) is 5.82 Å². The summed E-state index contributed by atoms with van der Waals surface area (Å²) in [6.45, 7) is 0. The van der Waals surface area contributed by atoms with Crippen LogP contribution in [0.1, 0.15) is 0 Å². The van der Waals surface area contributed by atoms with E-state index in [0.29, 0.717) is 40.2 Å². The van der Waals surface area contributed by atoms with Crippen LogP contribution in [0.15, 0.2) is 97.5 Å². The van der Waals surface area contributed by atoms with Gasteiger partial charge in [0.25, 0.3) is 0 Å². The molecule has 184 valence electrons. The molecule has 0 spiro atoms. The molecule has 10 nitrogen and oxygen atoms in total. The number of nitrogens with zero attached hydrogens (tertiary/aromatic N) is 6. The molecule has 0 atom stereocenters. The minimum atomic E-state index is 0.163. The van der Waals surface area contributed by atoms with E-state index in [9.17, 15) is 5.11 Å². The summed E-state index contributed by atoms with van der Waals surface area (Å²) in [6, 6.07) is 23.7. The van der Waals surface area contributed by atoms with Gasteiger partial charge in [-0.25, -0.2) is 19.9 Å². The van der Waals surface area contributed by atoms with Gasteiger partial charge >= 0.3 is 0 Å². The normalized spacial score (nSPS) is 10.8. The van der Waals surface area contributed by atoms with Crippen molar-refractivity contribution in [2.45, 2.75) is 0 Å². The number of nitrogen functional groups attached to an aromatic ring is 1. The van der Waals surface area contributed by atoms with Crippen LogP contribution in [0.4, 0.5) is 17.5 Å². The van der Waals surface area contributed by atoms with Gasteiger partial charge in [-0.15, -0.1) is 10.2 Å². The topological polar surface area (TPSA) is 145 Å². The summed E-state index contributed by atoms with van der Waals surface area (Å²) in [6.07, 6.45) is 4.85. The first kappa shape index (κ1) is 22.8. The second kappa shape index (κ2) is 9.78. The van der Waals surface area contributed by atoms with E-state index in [1.165, 1.54) is 0 Å². The van der Waals surface area contributed by atoms with Crippen molar-refractivity contribution in [1.82, 2.24) is 30.1 Å². The first-order valence-electron chi connectivity index (χ1n) is 11.6. The number of anilines is 3. The highest BCUT2D eigenvalue weighted by molar-refractivity contribution is 6.00. The Morgan fingerprint density at radius 1 is 0.789 bits per heavy atom. The molecule has 38 heavy (non-hydrogen) atoms. The number of aromatic nitrogens is 6. The average molecular weight is 501 g/mol. The Morgan fingerprint density at radius 3 is 2.50 bits per heavy atom. The fraction of sp³-hybridized carbons (Fsp3) is 0. The Kier molecular flexibility index (Phi) is 5.87. The Labute approximate surface area is 216 Å². The lowest BCUT2D eigenvalue weighted by atomic mass is 10.0. The molecule has 0 bridgehead atoms. The molecule has 10 heteroatoms. The second-order valence-corrected chi connectivity index (χ2v) is 8.26. The Balaban J connectivity index is 1.26. The zero-order valence-electron chi connectivity index (χ0n) is 19.9. The molecule has 0 fully saturated rings. The van der Waals surface area contributed by atoms with Gasteiger partial charge in [0.2, 0.25) is 17.7 Å². The number of aromatic hydroxyl groups is 1. The summed E-state index contributed by atoms with van der Waals surface area (Å²) in [7, 11) is 0. The van der Waals surface area contributed by atoms with Gasteiger partial charge in [0.1, 0.15) is 11.4 Å². The minimum absolute atomic E-state index is 0.163. The highest BCUT2D eigenvalue weighted by Crippen LogP contribution is 2.33. The van der Waals surface area contributed by atoms with Crippen LogP contribution in [-0.2, 0) is 0 Å². The van der Waals surface area contributed by atoms with Crippen LogP contribution in [0.5, 0.6) is 17.5 Å². The lowest BCUT2D eigenvalue weighted by molar-refractivity contribution is 0.446. The minimum Gasteiger partial charge on any atom is -0.508 e. The monoisotopic (exact) mass is 500 g/mol. The molecule has 0 aliphatic rings. The number of nitrogens with one attached hydrogen (secondary N) is 1. The van der Waals surface area contributed by atoms with Crippen LogP contribution < -0.4 is 15.8 Å². The van der Waals surface area contributed by atoms with Crippen molar-refractivity contribution >= 4 is 28.2 Å². The average Bonchev–Trinajstić information content (AvgIpc) is 2.94. The van der Waals surface area contributed by atoms with E-state index in [-0.39, 0.29) is 11.7 Å². The maximum absolute atomic E-state index is 9.90. The lowest BCUT2D eigenvalue weighted by Crippen LogP contribution is -2.00. The first-order valence-corrected chi connectivity index (χ1v) is 11.6. The van der Waals surface area contributed by atoms with Crippen LogP contribution in [0.25, 0.3) is 33.3 Å². The zero-order valence-corrected chi connectivity index (χ0v) is 19.9. The molecule has 4 aromatic heterocycles. The van der Waals surface area contributed by atoms with Crippen molar-refractivity contribution in [3.05, 3.63) is 97.5 Å². The standard InChI is InChI=1S/C28H20N8O2/c29-28-31-14-12-23(34-28)22-9-4-13-30-27(22)38-24-11-10-18(16-32-24)33-26-21-8-2-1-7-20(21)25(35-36-26)17-5-3-6-19(37)15-17/h1-16,37H,(H,33,36)(H2,29,31,34). The predicted octanol–water partition coefficient (Wildman–Crippen LogP) is 5.37. The molecule has 0 saturated heterocycles.